The molecule has 5 rings (SSSR count). The lowest BCUT2D eigenvalue weighted by atomic mass is 10.1. The molecule has 1 atom stereocenters. The molecule has 0 amide bonds. The van der Waals surface area contributed by atoms with Gasteiger partial charge in [0.1, 0.15) is 5.01 Å². The van der Waals surface area contributed by atoms with Crippen molar-refractivity contribution in [2.75, 3.05) is 0 Å². The minimum Gasteiger partial charge on any atom is -0.422 e. The van der Waals surface area contributed by atoms with Crippen LogP contribution in [0.4, 0.5) is 0 Å². The molecule has 1 N–H and O–H groups in total. The van der Waals surface area contributed by atoms with E-state index >= 15 is 0 Å². The van der Waals surface area contributed by atoms with Crippen molar-refractivity contribution in [3.8, 4) is 11.1 Å². The van der Waals surface area contributed by atoms with Crippen LogP contribution in [0.2, 0.25) is 5.02 Å². The molecule has 0 aliphatic rings. The van der Waals surface area contributed by atoms with Gasteiger partial charge in [-0.2, -0.15) is 0 Å². The molecule has 13 heteroatoms. The van der Waals surface area contributed by atoms with Crippen LogP contribution in [0.25, 0.3) is 21.3 Å². The first kappa shape index (κ1) is 25.5. The van der Waals surface area contributed by atoms with Crippen LogP contribution < -0.4 is 4.72 Å². The van der Waals surface area contributed by atoms with Crippen LogP contribution in [0.5, 0.6) is 0 Å². The summed E-state index contributed by atoms with van der Waals surface area (Å²) in [5.41, 5.74) is 3.12. The highest BCUT2D eigenvalue weighted by Crippen LogP contribution is 2.38. The summed E-state index contributed by atoms with van der Waals surface area (Å²) in [4.78, 5) is 4.61. The third kappa shape index (κ3) is 5.89. The van der Waals surface area contributed by atoms with Crippen LogP contribution in [0.15, 0.2) is 77.2 Å². The van der Waals surface area contributed by atoms with Gasteiger partial charge < -0.3 is 4.42 Å². The van der Waals surface area contributed by atoms with E-state index in [1.807, 2.05) is 30.3 Å². The molecule has 0 bridgehead atoms. The van der Waals surface area contributed by atoms with Crippen molar-refractivity contribution in [2.45, 2.75) is 17.5 Å². The molecular formula is C24H19ClN4O5S3. The summed E-state index contributed by atoms with van der Waals surface area (Å²) in [6, 6.07) is 21.9. The second-order valence-electron chi connectivity index (χ2n) is 8.04. The number of hydrogen-bond acceptors (Lipinski definition) is 9. The number of aromatic nitrogens is 3. The van der Waals surface area contributed by atoms with Gasteiger partial charge in [-0.15, -0.1) is 21.5 Å². The Hall–Kier alpha value is -3.16. The van der Waals surface area contributed by atoms with Crippen LogP contribution in [-0.2, 0) is 33.0 Å². The predicted molar refractivity (Wildman–Crippen MR) is 142 cm³/mol. The molecule has 0 spiro atoms. The number of fused-ring (bicyclic) bond motifs is 1. The topological polar surface area (TPSA) is 132 Å². The van der Waals surface area contributed by atoms with Crippen LogP contribution in [-0.4, -0.2) is 32.0 Å². The maximum atomic E-state index is 13.7. The molecule has 2 aromatic heterocycles. The summed E-state index contributed by atoms with van der Waals surface area (Å²) in [6.45, 7) is -0.249. The first-order valence-electron chi connectivity index (χ1n) is 10.9. The van der Waals surface area contributed by atoms with Gasteiger partial charge in [0, 0.05) is 5.02 Å². The number of thiazole rings is 1. The van der Waals surface area contributed by atoms with Gasteiger partial charge in [0.2, 0.25) is 22.7 Å². The second kappa shape index (κ2) is 10.7. The Labute approximate surface area is 223 Å². The normalized spacial score (nSPS) is 12.8. The number of hydrogen-bond donors (Lipinski definition) is 2. The summed E-state index contributed by atoms with van der Waals surface area (Å²) < 4.78 is 57.7. The quantitative estimate of drug-likeness (QED) is 0.249. The van der Waals surface area contributed by atoms with E-state index in [4.69, 9.17) is 16.0 Å². The standard InChI is InChI=1S/C24H19ClN4O5S3/c25-18-9-6-16(7-10-18)17-8-11-19-20(12-17)35-24(27-19)22(23-29-28-21(34-23)13-26-36(30)31)37(32,33)14-15-4-2-1-3-5-15/h1-12,22,36H,13-14H2,(H,26,30,31). The van der Waals surface area contributed by atoms with Crippen molar-refractivity contribution in [1.29, 1.82) is 0 Å². The number of nitrogens with zero attached hydrogens (tertiary/aromatic N) is 3. The molecule has 0 saturated heterocycles. The van der Waals surface area contributed by atoms with E-state index in [0.717, 1.165) is 15.8 Å². The van der Waals surface area contributed by atoms with Crippen molar-refractivity contribution in [2.24, 2.45) is 0 Å². The Kier molecular flexibility index (Phi) is 7.36. The van der Waals surface area contributed by atoms with Gasteiger partial charge in [-0.25, -0.2) is 26.5 Å². The lowest BCUT2D eigenvalue weighted by Gasteiger charge is -2.12. The van der Waals surface area contributed by atoms with Crippen molar-refractivity contribution < 1.29 is 21.3 Å². The van der Waals surface area contributed by atoms with E-state index in [1.165, 1.54) is 11.3 Å². The highest BCUT2D eigenvalue weighted by Gasteiger charge is 2.37. The van der Waals surface area contributed by atoms with Crippen molar-refractivity contribution in [3.63, 3.8) is 0 Å². The lowest BCUT2D eigenvalue weighted by Crippen LogP contribution is -2.17. The van der Waals surface area contributed by atoms with E-state index in [9.17, 15) is 16.8 Å². The molecule has 2 heterocycles. The Morgan fingerprint density at radius 1 is 0.973 bits per heavy atom. The fourth-order valence-electron chi connectivity index (χ4n) is 3.76. The fraction of sp³-hybridized carbons (Fsp3) is 0.125. The average molecular weight is 575 g/mol. The van der Waals surface area contributed by atoms with Crippen LogP contribution >= 0.6 is 22.9 Å². The Balaban J connectivity index is 1.56. The van der Waals surface area contributed by atoms with Gasteiger partial charge in [-0.3, -0.25) is 0 Å². The first-order valence-corrected chi connectivity index (χ1v) is 15.0. The van der Waals surface area contributed by atoms with Crippen molar-refractivity contribution in [3.05, 3.63) is 100 Å². The summed E-state index contributed by atoms with van der Waals surface area (Å²) >= 11 is 7.23. The molecule has 0 aliphatic carbocycles. The predicted octanol–water partition coefficient (Wildman–Crippen LogP) is 4.32. The molecule has 0 aliphatic heterocycles. The molecule has 37 heavy (non-hydrogen) atoms. The molecule has 1 unspecified atom stereocenters. The number of benzene rings is 3. The number of nitrogens with one attached hydrogen (secondary N) is 1. The van der Waals surface area contributed by atoms with Gasteiger partial charge in [0.25, 0.3) is 0 Å². The monoisotopic (exact) mass is 574 g/mol. The van der Waals surface area contributed by atoms with E-state index in [-0.39, 0.29) is 29.1 Å². The maximum absolute atomic E-state index is 13.7. The minimum absolute atomic E-state index is 0.0553. The molecule has 0 radical (unpaired) electrons. The van der Waals surface area contributed by atoms with E-state index < -0.39 is 26.0 Å². The summed E-state index contributed by atoms with van der Waals surface area (Å²) in [5.74, 6) is -0.501. The zero-order valence-electron chi connectivity index (χ0n) is 18.9. The smallest absolute Gasteiger partial charge is 0.241 e. The van der Waals surface area contributed by atoms with E-state index in [0.29, 0.717) is 16.1 Å². The highest BCUT2D eigenvalue weighted by molar-refractivity contribution is 7.91. The van der Waals surface area contributed by atoms with Crippen LogP contribution in [0, 0.1) is 0 Å². The van der Waals surface area contributed by atoms with Gasteiger partial charge in [-0.1, -0.05) is 60.1 Å². The lowest BCUT2D eigenvalue weighted by molar-refractivity contribution is 0.444. The Morgan fingerprint density at radius 3 is 2.43 bits per heavy atom. The van der Waals surface area contributed by atoms with Crippen LogP contribution in [0.3, 0.4) is 0 Å². The third-order valence-electron chi connectivity index (χ3n) is 5.44. The highest BCUT2D eigenvalue weighted by atomic mass is 35.5. The van der Waals surface area contributed by atoms with Gasteiger partial charge >= 0.3 is 0 Å². The zero-order valence-corrected chi connectivity index (χ0v) is 22.2. The summed E-state index contributed by atoms with van der Waals surface area (Å²) in [5, 5.41) is 7.35. The molecule has 190 valence electrons. The third-order valence-corrected chi connectivity index (χ3v) is 9.22. The van der Waals surface area contributed by atoms with Crippen LogP contribution in [0.1, 0.15) is 27.6 Å². The fourth-order valence-corrected chi connectivity index (χ4v) is 7.30. The van der Waals surface area contributed by atoms with Crippen molar-refractivity contribution in [1.82, 2.24) is 19.9 Å². The molecular weight excluding hydrogens is 556 g/mol. The Bertz CT molecular complexity index is 1730. The van der Waals surface area contributed by atoms with Gasteiger partial charge in [-0.05, 0) is 41.0 Å². The molecule has 0 fully saturated rings. The maximum Gasteiger partial charge on any atom is 0.241 e. The number of halogens is 1. The molecule has 0 saturated carbocycles. The number of thiol groups is 1. The molecule has 9 nitrogen and oxygen atoms in total. The van der Waals surface area contributed by atoms with Crippen molar-refractivity contribution >= 4 is 53.9 Å². The van der Waals surface area contributed by atoms with E-state index in [2.05, 4.69) is 19.9 Å². The summed E-state index contributed by atoms with van der Waals surface area (Å²) in [6.07, 6.45) is 0. The van der Waals surface area contributed by atoms with Gasteiger partial charge in [0.05, 0.1) is 22.5 Å². The van der Waals surface area contributed by atoms with Gasteiger partial charge in [0.15, 0.2) is 15.1 Å². The molecule has 3 aromatic carbocycles. The molecule has 5 aromatic rings. The zero-order chi connectivity index (χ0) is 26.0. The average Bonchev–Trinajstić information content (AvgIpc) is 3.50. The minimum atomic E-state index is -3.92. The largest absolute Gasteiger partial charge is 0.422 e. The Morgan fingerprint density at radius 2 is 1.70 bits per heavy atom. The summed E-state index contributed by atoms with van der Waals surface area (Å²) in [7, 11) is -6.80. The number of sulfone groups is 1. The van der Waals surface area contributed by atoms with E-state index in [1.54, 1.807) is 42.5 Å². The first-order chi connectivity index (χ1) is 17.8. The number of rotatable bonds is 9. The second-order valence-corrected chi connectivity index (χ2v) is 12.5. The SMILES string of the molecule is O=[SH](=O)NCc1nnc(C(c2nc3ccc(-c4ccc(Cl)cc4)cc3s2)S(=O)(=O)Cc2ccccc2)o1.